The number of amides is 1. The van der Waals surface area contributed by atoms with Gasteiger partial charge in [0.2, 0.25) is 15.9 Å². The number of rotatable bonds is 7. The van der Waals surface area contributed by atoms with Gasteiger partial charge in [-0.1, -0.05) is 29.3 Å². The van der Waals surface area contributed by atoms with Crippen molar-refractivity contribution in [1.82, 2.24) is 4.31 Å². The minimum Gasteiger partial charge on any atom is -0.492 e. The maximum atomic E-state index is 12.7. The molecule has 0 radical (unpaired) electrons. The standard InChI is InChI=1S/C19H23ClN2O4S/c1-5-26-18-9-7-15(11-16(18)20)27(24,25)22(4)12-19(23)21-17-8-6-13(2)10-14(17)3/h6-11H,5,12H2,1-4H3,(H,21,23). The second-order valence-electron chi connectivity index (χ2n) is 6.15. The molecule has 0 saturated carbocycles. The molecule has 0 fully saturated rings. The number of carbonyl (C=O) groups is 1. The Balaban J connectivity index is 2.12. The van der Waals surface area contributed by atoms with Gasteiger partial charge in [0.1, 0.15) is 5.75 Å². The molecule has 8 heteroatoms. The zero-order valence-corrected chi connectivity index (χ0v) is 17.3. The lowest BCUT2D eigenvalue weighted by molar-refractivity contribution is -0.116. The molecular weight excluding hydrogens is 388 g/mol. The number of ether oxygens (including phenoxy) is 1. The number of carbonyl (C=O) groups excluding carboxylic acids is 1. The first-order valence-corrected chi connectivity index (χ1v) is 10.2. The Morgan fingerprint density at radius 1 is 1.19 bits per heavy atom. The number of nitrogens with one attached hydrogen (secondary N) is 1. The van der Waals surface area contributed by atoms with Crippen LogP contribution in [0, 0.1) is 13.8 Å². The Kier molecular flexibility index (Phi) is 6.86. The smallest absolute Gasteiger partial charge is 0.243 e. The molecule has 146 valence electrons. The number of anilines is 1. The van der Waals surface area contributed by atoms with Crippen LogP contribution in [0.3, 0.4) is 0 Å². The first-order chi connectivity index (χ1) is 12.6. The third-order valence-electron chi connectivity index (χ3n) is 3.93. The maximum Gasteiger partial charge on any atom is 0.243 e. The first-order valence-electron chi connectivity index (χ1n) is 8.41. The van der Waals surface area contributed by atoms with E-state index in [4.69, 9.17) is 16.3 Å². The van der Waals surface area contributed by atoms with Gasteiger partial charge in [-0.15, -0.1) is 0 Å². The van der Waals surface area contributed by atoms with Gasteiger partial charge in [-0.25, -0.2) is 8.42 Å². The van der Waals surface area contributed by atoms with Gasteiger partial charge in [-0.3, -0.25) is 4.79 Å². The van der Waals surface area contributed by atoms with Crippen molar-refractivity contribution < 1.29 is 17.9 Å². The molecular formula is C19H23ClN2O4S. The minimum absolute atomic E-state index is 0.00207. The summed E-state index contributed by atoms with van der Waals surface area (Å²) >= 11 is 6.07. The van der Waals surface area contributed by atoms with E-state index in [0.717, 1.165) is 15.4 Å². The molecule has 2 rings (SSSR count). The van der Waals surface area contributed by atoms with E-state index >= 15 is 0 Å². The molecule has 0 heterocycles. The summed E-state index contributed by atoms with van der Waals surface area (Å²) in [5, 5.41) is 2.94. The van der Waals surface area contributed by atoms with E-state index in [1.54, 1.807) is 6.07 Å². The van der Waals surface area contributed by atoms with Crippen molar-refractivity contribution in [1.29, 1.82) is 0 Å². The van der Waals surface area contributed by atoms with Crippen LogP contribution >= 0.6 is 11.6 Å². The van der Waals surface area contributed by atoms with Gasteiger partial charge in [0.25, 0.3) is 0 Å². The first kappa shape index (κ1) is 21.2. The Morgan fingerprint density at radius 3 is 2.48 bits per heavy atom. The third kappa shape index (κ3) is 5.22. The van der Waals surface area contributed by atoms with Crippen molar-refractivity contribution in [3.05, 3.63) is 52.5 Å². The number of aryl methyl sites for hydroxylation is 2. The number of hydrogen-bond acceptors (Lipinski definition) is 4. The van der Waals surface area contributed by atoms with Crippen molar-refractivity contribution in [2.45, 2.75) is 25.7 Å². The molecule has 0 aromatic heterocycles. The number of benzene rings is 2. The lowest BCUT2D eigenvalue weighted by Crippen LogP contribution is -2.35. The summed E-state index contributed by atoms with van der Waals surface area (Å²) in [4.78, 5) is 12.3. The zero-order chi connectivity index (χ0) is 20.2. The highest BCUT2D eigenvalue weighted by molar-refractivity contribution is 7.89. The van der Waals surface area contributed by atoms with Crippen molar-refractivity contribution in [2.75, 3.05) is 25.5 Å². The molecule has 0 bridgehead atoms. The van der Waals surface area contributed by atoms with Crippen molar-refractivity contribution >= 4 is 33.2 Å². The summed E-state index contributed by atoms with van der Waals surface area (Å²) in [5.74, 6) is -0.0154. The Bertz CT molecular complexity index is 945. The molecule has 0 aliphatic rings. The van der Waals surface area contributed by atoms with E-state index in [0.29, 0.717) is 18.0 Å². The van der Waals surface area contributed by atoms with Crippen LogP contribution < -0.4 is 10.1 Å². The van der Waals surface area contributed by atoms with E-state index in [9.17, 15) is 13.2 Å². The highest BCUT2D eigenvalue weighted by Crippen LogP contribution is 2.28. The topological polar surface area (TPSA) is 75.7 Å². The molecule has 1 N–H and O–H groups in total. The molecule has 0 spiro atoms. The summed E-state index contributed by atoms with van der Waals surface area (Å²) in [5.41, 5.74) is 2.64. The number of halogens is 1. The lowest BCUT2D eigenvalue weighted by atomic mass is 10.1. The predicted molar refractivity (Wildman–Crippen MR) is 107 cm³/mol. The van der Waals surface area contributed by atoms with Crippen LogP contribution in [0.2, 0.25) is 5.02 Å². The molecule has 0 aliphatic carbocycles. The molecule has 2 aromatic carbocycles. The molecule has 27 heavy (non-hydrogen) atoms. The summed E-state index contributed by atoms with van der Waals surface area (Å²) < 4.78 is 31.7. The van der Waals surface area contributed by atoms with Crippen LogP contribution in [0.15, 0.2) is 41.3 Å². The van der Waals surface area contributed by atoms with E-state index in [2.05, 4.69) is 5.32 Å². The highest BCUT2D eigenvalue weighted by Gasteiger charge is 2.24. The number of likely N-dealkylation sites (N-methyl/N-ethyl adjacent to an activating group) is 1. The van der Waals surface area contributed by atoms with E-state index in [1.165, 1.54) is 25.2 Å². The van der Waals surface area contributed by atoms with Gasteiger partial charge >= 0.3 is 0 Å². The summed E-state index contributed by atoms with van der Waals surface area (Å²) in [6.07, 6.45) is 0. The molecule has 0 unspecified atom stereocenters. The van der Waals surface area contributed by atoms with Crippen LogP contribution in [0.1, 0.15) is 18.1 Å². The number of hydrogen-bond donors (Lipinski definition) is 1. The van der Waals surface area contributed by atoms with Gasteiger partial charge in [-0.2, -0.15) is 4.31 Å². The molecule has 0 atom stereocenters. The van der Waals surface area contributed by atoms with Crippen LogP contribution in [-0.4, -0.2) is 38.8 Å². The predicted octanol–water partition coefficient (Wildman–Crippen LogP) is 3.61. The number of sulfonamides is 1. The fourth-order valence-electron chi connectivity index (χ4n) is 2.53. The van der Waals surface area contributed by atoms with Gasteiger partial charge in [0.05, 0.1) is 23.1 Å². The lowest BCUT2D eigenvalue weighted by Gasteiger charge is -2.18. The molecule has 6 nitrogen and oxygen atoms in total. The largest absolute Gasteiger partial charge is 0.492 e. The molecule has 0 aliphatic heterocycles. The minimum atomic E-state index is -3.86. The van der Waals surface area contributed by atoms with Crippen LogP contribution in [0.25, 0.3) is 0 Å². The summed E-state index contributed by atoms with van der Waals surface area (Å²) in [7, 11) is -2.52. The molecule has 2 aromatic rings. The monoisotopic (exact) mass is 410 g/mol. The third-order valence-corrected chi connectivity index (χ3v) is 6.03. The SMILES string of the molecule is CCOc1ccc(S(=O)(=O)N(C)CC(=O)Nc2ccc(C)cc2C)cc1Cl. The fraction of sp³-hybridized carbons (Fsp3) is 0.316. The highest BCUT2D eigenvalue weighted by atomic mass is 35.5. The summed E-state index contributed by atoms with van der Waals surface area (Å²) in [6, 6.07) is 9.85. The van der Waals surface area contributed by atoms with Crippen molar-refractivity contribution in [3.8, 4) is 5.75 Å². The Labute approximate surface area is 165 Å². The van der Waals surface area contributed by atoms with Gasteiger partial charge in [0.15, 0.2) is 0 Å². The van der Waals surface area contributed by atoms with Crippen molar-refractivity contribution in [2.24, 2.45) is 0 Å². The second kappa shape index (κ2) is 8.73. The number of nitrogens with zero attached hydrogens (tertiary/aromatic N) is 1. The quantitative estimate of drug-likeness (QED) is 0.756. The summed E-state index contributed by atoms with van der Waals surface area (Å²) in [6.45, 7) is 5.75. The van der Waals surface area contributed by atoms with Gasteiger partial charge in [-0.05, 0) is 50.6 Å². The molecule has 0 saturated heterocycles. The van der Waals surface area contributed by atoms with E-state index in [1.807, 2.05) is 32.9 Å². The van der Waals surface area contributed by atoms with Gasteiger partial charge < -0.3 is 10.1 Å². The van der Waals surface area contributed by atoms with E-state index < -0.39 is 15.9 Å². The fourth-order valence-corrected chi connectivity index (χ4v) is 3.98. The normalized spacial score (nSPS) is 11.5. The second-order valence-corrected chi connectivity index (χ2v) is 8.60. The van der Waals surface area contributed by atoms with Crippen LogP contribution in [-0.2, 0) is 14.8 Å². The Hall–Kier alpha value is -2.09. The Morgan fingerprint density at radius 2 is 1.89 bits per heavy atom. The van der Waals surface area contributed by atoms with Crippen molar-refractivity contribution in [3.63, 3.8) is 0 Å². The van der Waals surface area contributed by atoms with Crippen LogP contribution in [0.4, 0.5) is 5.69 Å². The van der Waals surface area contributed by atoms with E-state index in [-0.39, 0.29) is 16.5 Å². The maximum absolute atomic E-state index is 12.7. The average molecular weight is 411 g/mol. The zero-order valence-electron chi connectivity index (χ0n) is 15.7. The molecule has 1 amide bonds. The van der Waals surface area contributed by atoms with Gasteiger partial charge in [0, 0.05) is 12.7 Å². The average Bonchev–Trinajstić information content (AvgIpc) is 2.59. The van der Waals surface area contributed by atoms with Crippen LogP contribution in [0.5, 0.6) is 5.75 Å².